The number of aromatic amines is 2. The molecule has 0 saturated carbocycles. The van der Waals surface area contributed by atoms with Crippen molar-refractivity contribution in [2.75, 3.05) is 0 Å². The van der Waals surface area contributed by atoms with Crippen molar-refractivity contribution in [3.8, 4) is 0 Å². The molecule has 2 heterocycles. The van der Waals surface area contributed by atoms with Gasteiger partial charge < -0.3 is 42.5 Å². The van der Waals surface area contributed by atoms with Crippen LogP contribution < -0.4 is 27.4 Å². The highest BCUT2D eigenvalue weighted by Gasteiger charge is 2.32. The Balaban J connectivity index is 1.74. The molecular formula is C26H34N8O6. The van der Waals surface area contributed by atoms with Crippen LogP contribution in [0.25, 0.3) is 10.9 Å². The summed E-state index contributed by atoms with van der Waals surface area (Å²) in [5.74, 6) is -4.90. The molecule has 0 saturated heterocycles. The summed E-state index contributed by atoms with van der Waals surface area (Å²) < 4.78 is 0. The minimum Gasteiger partial charge on any atom is -0.480 e. The summed E-state index contributed by atoms with van der Waals surface area (Å²) in [5.41, 5.74) is 13.6. The van der Waals surface area contributed by atoms with E-state index in [-0.39, 0.29) is 12.8 Å². The van der Waals surface area contributed by atoms with E-state index in [1.54, 1.807) is 20.0 Å². The molecule has 0 fully saturated rings. The predicted molar refractivity (Wildman–Crippen MR) is 144 cm³/mol. The lowest BCUT2D eigenvalue weighted by Crippen LogP contribution is -2.58. The average molecular weight is 555 g/mol. The number of hydrogen-bond donors (Lipinski definition) is 8. The van der Waals surface area contributed by atoms with Gasteiger partial charge in [-0.25, -0.2) is 9.78 Å². The molecule has 0 bridgehead atoms. The Morgan fingerprint density at radius 2 is 1.62 bits per heavy atom. The summed E-state index contributed by atoms with van der Waals surface area (Å²) in [6.45, 7) is 3.25. The molecule has 14 nitrogen and oxygen atoms in total. The quantitative estimate of drug-likeness (QED) is 0.124. The third-order valence-electron chi connectivity index (χ3n) is 6.33. The second kappa shape index (κ2) is 13.4. The van der Waals surface area contributed by atoms with Gasteiger partial charge in [0.15, 0.2) is 0 Å². The van der Waals surface area contributed by atoms with Gasteiger partial charge in [0, 0.05) is 35.4 Å². The minimum atomic E-state index is -1.43. The van der Waals surface area contributed by atoms with Crippen LogP contribution in [0.15, 0.2) is 43.0 Å². The fourth-order valence-electron chi connectivity index (χ4n) is 4.18. The fraction of sp³-hybridized carbons (Fsp3) is 0.385. The number of aromatic nitrogens is 3. The number of carboxylic acids is 1. The molecule has 2 aromatic heterocycles. The molecule has 0 radical (unpaired) electrons. The number of rotatable bonds is 14. The van der Waals surface area contributed by atoms with E-state index >= 15 is 0 Å². The van der Waals surface area contributed by atoms with Crippen molar-refractivity contribution in [3.63, 3.8) is 0 Å². The first kappa shape index (κ1) is 29.8. The second-order valence-corrected chi connectivity index (χ2v) is 9.81. The van der Waals surface area contributed by atoms with Crippen molar-refractivity contribution in [3.05, 3.63) is 54.2 Å². The van der Waals surface area contributed by atoms with Crippen LogP contribution >= 0.6 is 0 Å². The molecule has 14 heteroatoms. The number of carboxylic acid groups (broad SMARTS) is 1. The van der Waals surface area contributed by atoms with E-state index in [0.717, 1.165) is 16.5 Å². The number of carbonyl (C=O) groups is 5. The maximum Gasteiger partial charge on any atom is 0.326 e. The third kappa shape index (κ3) is 7.89. The topological polar surface area (TPSA) is 238 Å². The highest BCUT2D eigenvalue weighted by Crippen LogP contribution is 2.18. The van der Waals surface area contributed by atoms with Crippen LogP contribution in [0, 0.1) is 5.92 Å². The number of para-hydroxylation sites is 1. The van der Waals surface area contributed by atoms with Crippen LogP contribution in [0.5, 0.6) is 0 Å². The second-order valence-electron chi connectivity index (χ2n) is 9.81. The number of carbonyl (C=O) groups excluding carboxylic acids is 4. The van der Waals surface area contributed by atoms with E-state index in [4.69, 9.17) is 11.5 Å². The van der Waals surface area contributed by atoms with Crippen LogP contribution in [0.4, 0.5) is 0 Å². The van der Waals surface area contributed by atoms with Crippen molar-refractivity contribution in [1.82, 2.24) is 30.9 Å². The van der Waals surface area contributed by atoms with Gasteiger partial charge in [0.25, 0.3) is 0 Å². The highest BCUT2D eigenvalue weighted by atomic mass is 16.4. The summed E-state index contributed by atoms with van der Waals surface area (Å²) in [5, 5.41) is 17.7. The van der Waals surface area contributed by atoms with Gasteiger partial charge in [0.2, 0.25) is 23.6 Å². The molecule has 4 unspecified atom stereocenters. The van der Waals surface area contributed by atoms with Gasteiger partial charge in [-0.1, -0.05) is 32.0 Å². The van der Waals surface area contributed by atoms with Crippen molar-refractivity contribution in [1.29, 1.82) is 0 Å². The van der Waals surface area contributed by atoms with Gasteiger partial charge in [-0.05, 0) is 24.0 Å². The number of amides is 4. The number of benzene rings is 1. The largest absolute Gasteiger partial charge is 0.480 e. The standard InChI is InChI=1S/C26H34N8O6/c1-13(2)22(26(39)40)34-25(38)19(8-15-11-29-12-31-15)33-24(37)20(9-21(28)35)32-23(36)17(27)7-14-10-30-18-6-4-3-5-16(14)18/h3-6,10-13,17,19-20,22,30H,7-9,27H2,1-2H3,(H2,28,35)(H,29,31)(H,32,36)(H,33,37)(H,34,38)(H,39,40). The number of H-pyrrole nitrogens is 2. The first-order chi connectivity index (χ1) is 19.0. The summed E-state index contributed by atoms with van der Waals surface area (Å²) in [6, 6.07) is 2.52. The number of aliphatic carboxylic acids is 1. The lowest BCUT2D eigenvalue weighted by atomic mass is 10.0. The molecule has 3 rings (SSSR count). The number of hydrogen-bond acceptors (Lipinski definition) is 7. The van der Waals surface area contributed by atoms with Gasteiger partial charge in [-0.2, -0.15) is 0 Å². The number of nitrogens with zero attached hydrogens (tertiary/aromatic N) is 1. The molecule has 0 aliphatic heterocycles. The Labute approximate surface area is 229 Å². The smallest absolute Gasteiger partial charge is 0.326 e. The molecule has 10 N–H and O–H groups in total. The Bertz CT molecular complexity index is 1350. The van der Waals surface area contributed by atoms with Crippen LogP contribution in [0.3, 0.4) is 0 Å². The zero-order valence-corrected chi connectivity index (χ0v) is 22.1. The normalized spacial score (nSPS) is 14.2. The van der Waals surface area contributed by atoms with E-state index in [0.29, 0.717) is 5.69 Å². The predicted octanol–water partition coefficient (Wildman–Crippen LogP) is -0.926. The number of primary amides is 1. The van der Waals surface area contributed by atoms with Gasteiger partial charge in [0.05, 0.1) is 18.8 Å². The molecule has 0 aliphatic rings. The molecular weight excluding hydrogens is 520 g/mol. The average Bonchev–Trinajstić information content (AvgIpc) is 3.55. The highest BCUT2D eigenvalue weighted by molar-refractivity contribution is 5.96. The summed E-state index contributed by atoms with van der Waals surface area (Å²) >= 11 is 0. The van der Waals surface area contributed by atoms with Gasteiger partial charge >= 0.3 is 5.97 Å². The molecule has 3 aromatic rings. The van der Waals surface area contributed by atoms with Gasteiger partial charge in [-0.3, -0.25) is 19.2 Å². The van der Waals surface area contributed by atoms with Gasteiger partial charge in [-0.15, -0.1) is 0 Å². The van der Waals surface area contributed by atoms with Crippen LogP contribution in [-0.2, 0) is 36.8 Å². The first-order valence-electron chi connectivity index (χ1n) is 12.7. The fourth-order valence-corrected chi connectivity index (χ4v) is 4.18. The molecule has 0 spiro atoms. The van der Waals surface area contributed by atoms with Crippen molar-refractivity contribution in [2.45, 2.75) is 57.3 Å². The Hall–Kier alpha value is -4.72. The van der Waals surface area contributed by atoms with E-state index in [9.17, 15) is 29.1 Å². The van der Waals surface area contributed by atoms with Crippen LogP contribution in [0.1, 0.15) is 31.5 Å². The van der Waals surface area contributed by atoms with Gasteiger partial charge in [0.1, 0.15) is 18.1 Å². The SMILES string of the molecule is CC(C)C(NC(=O)C(Cc1cnc[nH]1)NC(=O)C(CC(N)=O)NC(=O)C(N)Cc1c[nH]c2ccccc12)C(=O)O. The van der Waals surface area contributed by atoms with Crippen LogP contribution in [0.2, 0.25) is 0 Å². The lowest BCUT2D eigenvalue weighted by molar-refractivity contribution is -0.143. The van der Waals surface area contributed by atoms with Crippen molar-refractivity contribution in [2.24, 2.45) is 17.4 Å². The zero-order chi connectivity index (χ0) is 29.4. The molecule has 40 heavy (non-hydrogen) atoms. The van der Waals surface area contributed by atoms with Crippen molar-refractivity contribution < 1.29 is 29.1 Å². The monoisotopic (exact) mass is 554 g/mol. The Morgan fingerprint density at radius 3 is 2.25 bits per heavy atom. The van der Waals surface area contributed by atoms with Crippen molar-refractivity contribution >= 4 is 40.5 Å². The molecule has 0 aliphatic carbocycles. The van der Waals surface area contributed by atoms with E-state index in [2.05, 4.69) is 30.9 Å². The third-order valence-corrected chi connectivity index (χ3v) is 6.33. The zero-order valence-electron chi connectivity index (χ0n) is 22.1. The van der Waals surface area contributed by atoms with E-state index in [1.807, 2.05) is 24.3 Å². The summed E-state index contributed by atoms with van der Waals surface area (Å²) in [7, 11) is 0. The Morgan fingerprint density at radius 1 is 0.950 bits per heavy atom. The van der Waals surface area contributed by atoms with E-state index in [1.165, 1.54) is 12.5 Å². The summed E-state index contributed by atoms with van der Waals surface area (Å²) in [4.78, 5) is 72.4. The molecule has 214 valence electrons. The number of fused-ring (bicyclic) bond motifs is 1. The Kier molecular flexibility index (Phi) is 9.97. The van der Waals surface area contributed by atoms with Crippen LogP contribution in [-0.4, -0.2) is 73.8 Å². The lowest BCUT2D eigenvalue weighted by Gasteiger charge is -2.25. The molecule has 1 aromatic carbocycles. The maximum absolute atomic E-state index is 13.2. The minimum absolute atomic E-state index is 0.0701. The first-order valence-corrected chi connectivity index (χ1v) is 12.7. The van der Waals surface area contributed by atoms with E-state index < -0.39 is 66.1 Å². The molecule has 4 atom stereocenters. The number of imidazole rings is 1. The maximum atomic E-state index is 13.2. The number of nitrogens with two attached hydrogens (primary N) is 2. The number of nitrogens with one attached hydrogen (secondary N) is 5. The summed E-state index contributed by atoms with van der Waals surface area (Å²) in [6.07, 6.45) is 4.09. The molecule has 4 amide bonds.